The number of thioether (sulfide) groups is 1. The Balaban J connectivity index is 2.13. The summed E-state index contributed by atoms with van der Waals surface area (Å²) in [6.07, 6.45) is 2.37. The molecule has 0 N–H and O–H groups in total. The van der Waals surface area contributed by atoms with E-state index in [0.717, 1.165) is 0 Å². The van der Waals surface area contributed by atoms with Crippen LogP contribution in [0, 0.1) is 22.2 Å². The summed E-state index contributed by atoms with van der Waals surface area (Å²) in [6, 6.07) is -0.0431. The monoisotopic (exact) mass is 347 g/mol. The normalized spacial score (nSPS) is 41.0. The van der Waals surface area contributed by atoms with Gasteiger partial charge >= 0.3 is 0 Å². The molecule has 132 valence electrons. The number of amides is 2. The number of rotatable bonds is 3. The van der Waals surface area contributed by atoms with E-state index in [0.29, 0.717) is 6.42 Å². The summed E-state index contributed by atoms with van der Waals surface area (Å²) in [5.74, 6) is -0.242. The smallest absolute Gasteiger partial charge is 0.274 e. The Morgan fingerprint density at radius 3 is 2.33 bits per heavy atom. The maximum atomic E-state index is 13.0. The molecule has 5 atom stereocenters. The summed E-state index contributed by atoms with van der Waals surface area (Å²) >= 11 is 1.38. The number of allylic oxidation sites excluding steroid dienone is 2. The van der Waals surface area contributed by atoms with Gasteiger partial charge in [-0.15, -0.1) is 6.58 Å². The summed E-state index contributed by atoms with van der Waals surface area (Å²) in [4.78, 5) is 27.4. The number of fused-ring (bicyclic) bond motifs is 5. The van der Waals surface area contributed by atoms with Gasteiger partial charge in [-0.25, -0.2) is 0 Å². The molecule has 1 saturated carbocycles. The summed E-state index contributed by atoms with van der Waals surface area (Å²) in [5, 5.41) is 0.0787. The van der Waals surface area contributed by atoms with Crippen LogP contribution in [0.25, 0.3) is 0 Å². The molecule has 2 amide bonds. The van der Waals surface area contributed by atoms with Crippen molar-refractivity contribution in [3.05, 3.63) is 23.8 Å². The van der Waals surface area contributed by atoms with Crippen LogP contribution in [0.3, 0.4) is 0 Å². The molecular weight excluding hydrogens is 318 g/mol. The molecule has 3 aliphatic rings. The molecule has 2 aliphatic carbocycles. The Hall–Kier alpha value is -1.03. The summed E-state index contributed by atoms with van der Waals surface area (Å²) < 4.78 is 0. The van der Waals surface area contributed by atoms with Crippen molar-refractivity contribution in [2.45, 2.75) is 66.2 Å². The predicted molar refractivity (Wildman–Crippen MR) is 99.8 cm³/mol. The zero-order valence-electron chi connectivity index (χ0n) is 15.9. The van der Waals surface area contributed by atoms with Crippen LogP contribution >= 0.6 is 11.8 Å². The topological polar surface area (TPSA) is 37.4 Å². The van der Waals surface area contributed by atoms with E-state index in [-0.39, 0.29) is 44.6 Å². The second kappa shape index (κ2) is 5.00. The van der Waals surface area contributed by atoms with Gasteiger partial charge in [0.2, 0.25) is 5.91 Å². The first-order valence-electron chi connectivity index (χ1n) is 8.80. The Bertz CT molecular complexity index is 679. The quantitative estimate of drug-likeness (QED) is 0.672. The SMILES string of the molecule is C=CC[C@H](C)C(=O)N1C(=O)S[C@@H]2[C@H]1C1(C)C(C)=C(C)C2(C)C1(C)C. The average molecular weight is 348 g/mol. The van der Waals surface area contributed by atoms with Crippen molar-refractivity contribution in [2.24, 2.45) is 22.2 Å². The first-order chi connectivity index (χ1) is 11.0. The Kier molecular flexibility index (Phi) is 3.70. The van der Waals surface area contributed by atoms with Gasteiger partial charge in [0.05, 0.1) is 6.04 Å². The van der Waals surface area contributed by atoms with Crippen LogP contribution in [0.1, 0.15) is 54.9 Å². The molecule has 0 spiro atoms. The zero-order valence-corrected chi connectivity index (χ0v) is 16.7. The minimum absolute atomic E-state index is 0.0113. The number of hydrogen-bond donors (Lipinski definition) is 0. The molecule has 3 nitrogen and oxygen atoms in total. The van der Waals surface area contributed by atoms with E-state index in [4.69, 9.17) is 0 Å². The van der Waals surface area contributed by atoms with E-state index in [1.807, 2.05) is 6.92 Å². The molecular formula is C20H29NO2S. The maximum absolute atomic E-state index is 13.0. The van der Waals surface area contributed by atoms with E-state index in [1.165, 1.54) is 22.9 Å². The average Bonchev–Trinajstić information content (AvgIpc) is 2.96. The number of nitrogens with zero attached hydrogens (tertiary/aromatic N) is 1. The lowest BCUT2D eigenvalue weighted by atomic mass is 9.62. The number of hydrogen-bond acceptors (Lipinski definition) is 3. The number of carbonyl (C=O) groups is 2. The maximum Gasteiger partial charge on any atom is 0.288 e. The van der Waals surface area contributed by atoms with E-state index in [2.05, 4.69) is 48.1 Å². The molecule has 0 radical (unpaired) electrons. The van der Waals surface area contributed by atoms with Gasteiger partial charge < -0.3 is 0 Å². The fourth-order valence-corrected chi connectivity index (χ4v) is 7.47. The highest BCUT2D eigenvalue weighted by atomic mass is 32.2. The van der Waals surface area contributed by atoms with Gasteiger partial charge in [0.15, 0.2) is 0 Å². The molecule has 0 aromatic rings. The van der Waals surface area contributed by atoms with E-state index < -0.39 is 0 Å². The minimum Gasteiger partial charge on any atom is -0.274 e. The van der Waals surface area contributed by atoms with E-state index in [9.17, 15) is 9.59 Å². The van der Waals surface area contributed by atoms with E-state index >= 15 is 0 Å². The summed E-state index contributed by atoms with van der Waals surface area (Å²) in [5.41, 5.74) is 2.55. The van der Waals surface area contributed by atoms with Gasteiger partial charge in [-0.3, -0.25) is 14.5 Å². The number of imide groups is 1. The van der Waals surface area contributed by atoms with Gasteiger partial charge in [0.25, 0.3) is 5.24 Å². The van der Waals surface area contributed by atoms with E-state index in [1.54, 1.807) is 11.0 Å². The fraction of sp³-hybridized carbons (Fsp3) is 0.700. The molecule has 0 aromatic carbocycles. The van der Waals surface area contributed by atoms with Gasteiger partial charge in [-0.05, 0) is 25.7 Å². The lowest BCUT2D eigenvalue weighted by molar-refractivity contribution is -0.134. The van der Waals surface area contributed by atoms with Crippen molar-refractivity contribution in [2.75, 3.05) is 0 Å². The van der Waals surface area contributed by atoms with Crippen molar-refractivity contribution >= 4 is 22.9 Å². The molecule has 4 heteroatoms. The second-order valence-electron chi connectivity index (χ2n) is 8.66. The molecule has 2 fully saturated rings. The van der Waals surface area contributed by atoms with Gasteiger partial charge in [0, 0.05) is 22.0 Å². The van der Waals surface area contributed by atoms with Crippen LogP contribution in [0.2, 0.25) is 0 Å². The van der Waals surface area contributed by atoms with Crippen LogP contribution in [0.15, 0.2) is 23.8 Å². The molecule has 24 heavy (non-hydrogen) atoms. The van der Waals surface area contributed by atoms with Crippen molar-refractivity contribution in [1.29, 1.82) is 0 Å². The van der Waals surface area contributed by atoms with Crippen LogP contribution < -0.4 is 0 Å². The zero-order chi connectivity index (χ0) is 18.2. The lowest BCUT2D eigenvalue weighted by Crippen LogP contribution is -2.52. The highest BCUT2D eigenvalue weighted by Gasteiger charge is 2.78. The molecule has 1 saturated heterocycles. The highest BCUT2D eigenvalue weighted by molar-refractivity contribution is 8.14. The minimum atomic E-state index is -0.199. The molecule has 1 aliphatic heterocycles. The van der Waals surface area contributed by atoms with Gasteiger partial charge in [0.1, 0.15) is 0 Å². The molecule has 0 aromatic heterocycles. The summed E-state index contributed by atoms with van der Waals surface area (Å²) in [6.45, 7) is 19.2. The fourth-order valence-electron chi connectivity index (χ4n) is 5.71. The third kappa shape index (κ3) is 1.61. The molecule has 2 unspecified atom stereocenters. The third-order valence-electron chi connectivity index (χ3n) is 8.05. The second-order valence-corrected chi connectivity index (χ2v) is 9.76. The third-order valence-corrected chi connectivity index (χ3v) is 9.43. The van der Waals surface area contributed by atoms with Crippen molar-refractivity contribution < 1.29 is 9.59 Å². The van der Waals surface area contributed by atoms with Crippen LogP contribution in [-0.4, -0.2) is 27.3 Å². The first kappa shape index (κ1) is 17.8. The largest absolute Gasteiger partial charge is 0.288 e. The van der Waals surface area contributed by atoms with Crippen molar-refractivity contribution in [3.63, 3.8) is 0 Å². The van der Waals surface area contributed by atoms with Gasteiger partial charge in [-0.2, -0.15) is 0 Å². The highest BCUT2D eigenvalue weighted by Crippen LogP contribution is 2.78. The Labute approximate surface area is 149 Å². The van der Waals surface area contributed by atoms with Crippen molar-refractivity contribution in [3.8, 4) is 0 Å². The number of carbonyl (C=O) groups excluding carboxylic acids is 2. The standard InChI is InChI=1S/C20H29NO2S/c1-9-10-11(2)16(22)21-14-15(24-17(21)23)20(8)13(4)12(3)19(14,7)18(20,5)6/h9,11,14-15H,1,10H2,2-8H3/t11-,14-,15+,19?,20?/m0/s1. The van der Waals surface area contributed by atoms with Crippen LogP contribution in [0.4, 0.5) is 4.79 Å². The first-order valence-corrected chi connectivity index (χ1v) is 9.68. The predicted octanol–water partition coefficient (Wildman–Crippen LogP) is 5.03. The molecule has 3 rings (SSSR count). The van der Waals surface area contributed by atoms with Crippen LogP contribution in [-0.2, 0) is 4.79 Å². The lowest BCUT2D eigenvalue weighted by Gasteiger charge is -2.44. The Morgan fingerprint density at radius 1 is 1.25 bits per heavy atom. The van der Waals surface area contributed by atoms with Crippen molar-refractivity contribution in [1.82, 2.24) is 4.90 Å². The molecule has 1 heterocycles. The van der Waals surface area contributed by atoms with Gasteiger partial charge in [-0.1, -0.05) is 63.6 Å². The summed E-state index contributed by atoms with van der Waals surface area (Å²) in [7, 11) is 0. The molecule has 2 bridgehead atoms. The van der Waals surface area contributed by atoms with Crippen LogP contribution in [0.5, 0.6) is 0 Å². The Morgan fingerprint density at radius 2 is 1.79 bits per heavy atom.